The topological polar surface area (TPSA) is 169 Å². The molecule has 12 nitrogen and oxygen atoms in total. The van der Waals surface area contributed by atoms with E-state index in [4.69, 9.17) is 13.8 Å². The van der Waals surface area contributed by atoms with Crippen LogP contribution >= 0.6 is 14.7 Å². The predicted molar refractivity (Wildman–Crippen MR) is 276 cm³/mol. The molecular weight excluding hydrogens is 921 g/mol. The zero-order chi connectivity index (χ0) is 48.9. The molecule has 14 heteroatoms. The van der Waals surface area contributed by atoms with E-state index in [0.29, 0.717) is 56.3 Å². The number of rotatable bonds is 19. The van der Waals surface area contributed by atoms with Crippen LogP contribution in [0.4, 0.5) is 17.1 Å². The minimum absolute atomic E-state index is 0.0752. The lowest BCUT2D eigenvalue weighted by atomic mass is 10.1. The fraction of sp³-hybridized carbons (Fsp3) is 0.0893. The largest absolute Gasteiger partial charge is 0.494 e. The summed E-state index contributed by atoms with van der Waals surface area (Å²) >= 11 is 0. The average molecular weight is 970 g/mol. The number of hydrogen-bond donors (Lipinski definition) is 4. The predicted octanol–water partition coefficient (Wildman–Crippen LogP) is 10.7. The monoisotopic (exact) mass is 969 g/mol. The SMILES string of the molecule is CC(O)c1ccc(OCCCC(=O)Nc2cc(C(=O)Nc3ccc(OP(=O)(c4ccccc4)c4ccccc4)cc3)cc(C(=O)Nc3ccc(OP(=O)(c4ccccc4)c4ccccc4)cc3)c2)cc1. The maximum Gasteiger partial charge on any atom is 0.306 e. The van der Waals surface area contributed by atoms with Gasteiger partial charge in [-0.2, -0.15) is 0 Å². The molecule has 8 aromatic carbocycles. The number of nitrogens with one attached hydrogen (secondary N) is 3. The van der Waals surface area contributed by atoms with Gasteiger partial charge in [-0.15, -0.1) is 0 Å². The first-order chi connectivity index (χ1) is 33.9. The summed E-state index contributed by atoms with van der Waals surface area (Å²) in [6.07, 6.45) is -0.153. The Kier molecular flexibility index (Phi) is 15.5. The first-order valence-electron chi connectivity index (χ1n) is 22.5. The number of carbonyl (C=O) groups excluding carboxylic acids is 3. The summed E-state index contributed by atoms with van der Waals surface area (Å²) < 4.78 is 47.2. The third kappa shape index (κ3) is 12.2. The van der Waals surface area contributed by atoms with Crippen molar-refractivity contribution in [2.75, 3.05) is 22.6 Å². The molecule has 352 valence electrons. The Morgan fingerprint density at radius 1 is 0.471 bits per heavy atom. The van der Waals surface area contributed by atoms with Crippen LogP contribution in [0.25, 0.3) is 0 Å². The van der Waals surface area contributed by atoms with E-state index in [-0.39, 0.29) is 35.7 Å². The summed E-state index contributed by atoms with van der Waals surface area (Å²) in [6.45, 7) is 1.93. The molecule has 1 atom stereocenters. The summed E-state index contributed by atoms with van der Waals surface area (Å²) in [6, 6.07) is 60.1. The van der Waals surface area contributed by atoms with Gasteiger partial charge in [-0.3, -0.25) is 23.5 Å². The maximum atomic E-state index is 14.5. The van der Waals surface area contributed by atoms with Gasteiger partial charge in [0.1, 0.15) is 17.2 Å². The van der Waals surface area contributed by atoms with Crippen molar-refractivity contribution >= 4 is 70.7 Å². The molecule has 0 radical (unpaired) electrons. The third-order valence-electron chi connectivity index (χ3n) is 11.0. The number of aliphatic hydroxyl groups excluding tert-OH is 1. The van der Waals surface area contributed by atoms with Gasteiger partial charge in [-0.1, -0.05) is 84.9 Å². The quantitative estimate of drug-likeness (QED) is 0.0455. The second-order valence-electron chi connectivity index (χ2n) is 16.1. The number of ether oxygens (including phenoxy) is 1. The Morgan fingerprint density at radius 3 is 1.21 bits per heavy atom. The second kappa shape index (κ2) is 22.4. The molecule has 0 saturated carbocycles. The summed E-state index contributed by atoms with van der Waals surface area (Å²) in [5.74, 6) is -0.277. The highest BCUT2D eigenvalue weighted by Gasteiger charge is 2.31. The molecule has 4 N–H and O–H groups in total. The number of anilines is 3. The van der Waals surface area contributed by atoms with Gasteiger partial charge in [0.2, 0.25) is 5.91 Å². The molecule has 0 heterocycles. The summed E-state index contributed by atoms with van der Waals surface area (Å²) in [4.78, 5) is 41.1. The van der Waals surface area contributed by atoms with Crippen LogP contribution in [0.3, 0.4) is 0 Å². The molecule has 0 aliphatic rings. The van der Waals surface area contributed by atoms with Crippen LogP contribution in [0.15, 0.2) is 212 Å². The molecule has 1 unspecified atom stereocenters. The lowest BCUT2D eigenvalue weighted by Gasteiger charge is -2.20. The first-order valence-corrected chi connectivity index (χ1v) is 25.7. The lowest BCUT2D eigenvalue weighted by molar-refractivity contribution is -0.116. The molecular formula is C56H49N3O9P2. The van der Waals surface area contributed by atoms with Gasteiger partial charge < -0.3 is 34.8 Å². The Balaban J connectivity index is 0.982. The van der Waals surface area contributed by atoms with Crippen molar-refractivity contribution in [2.45, 2.75) is 25.9 Å². The van der Waals surface area contributed by atoms with Crippen LogP contribution in [0, 0.1) is 0 Å². The molecule has 0 aliphatic carbocycles. The van der Waals surface area contributed by atoms with Crippen LogP contribution in [0.2, 0.25) is 0 Å². The van der Waals surface area contributed by atoms with Gasteiger partial charge in [-0.05, 0) is 146 Å². The van der Waals surface area contributed by atoms with Gasteiger partial charge in [0.05, 0.1) is 33.9 Å². The molecule has 0 saturated heterocycles. The number of benzene rings is 8. The van der Waals surface area contributed by atoms with E-state index in [0.717, 1.165) is 5.56 Å². The van der Waals surface area contributed by atoms with Gasteiger partial charge in [0, 0.05) is 34.6 Å². The molecule has 0 bridgehead atoms. The molecule has 70 heavy (non-hydrogen) atoms. The van der Waals surface area contributed by atoms with Crippen LogP contribution in [0.1, 0.15) is 52.1 Å². The Bertz CT molecular complexity index is 2880. The van der Waals surface area contributed by atoms with Crippen molar-refractivity contribution < 1.29 is 42.4 Å². The van der Waals surface area contributed by atoms with Crippen molar-refractivity contribution in [3.8, 4) is 17.2 Å². The molecule has 0 aromatic heterocycles. The minimum atomic E-state index is -3.55. The van der Waals surface area contributed by atoms with Crippen molar-refractivity contribution in [3.05, 3.63) is 229 Å². The summed E-state index contributed by atoms with van der Waals surface area (Å²) in [7, 11) is -7.10. The zero-order valence-electron chi connectivity index (χ0n) is 38.0. The van der Waals surface area contributed by atoms with E-state index >= 15 is 0 Å². The highest BCUT2D eigenvalue weighted by Crippen LogP contribution is 2.46. The van der Waals surface area contributed by atoms with E-state index in [1.54, 1.807) is 177 Å². The van der Waals surface area contributed by atoms with Crippen molar-refractivity contribution in [2.24, 2.45) is 0 Å². The van der Waals surface area contributed by atoms with Crippen LogP contribution < -0.4 is 51.0 Å². The van der Waals surface area contributed by atoms with Gasteiger partial charge in [0.25, 0.3) is 11.8 Å². The Labute approximate surface area is 406 Å². The fourth-order valence-electron chi connectivity index (χ4n) is 7.36. The molecule has 0 aliphatic heterocycles. The Morgan fingerprint density at radius 2 is 0.843 bits per heavy atom. The normalized spacial score (nSPS) is 11.7. The molecule has 8 aromatic rings. The highest BCUT2D eigenvalue weighted by molar-refractivity contribution is 7.75. The zero-order valence-corrected chi connectivity index (χ0v) is 39.8. The number of aliphatic hydroxyl groups is 1. The van der Waals surface area contributed by atoms with E-state index in [1.165, 1.54) is 18.2 Å². The first kappa shape index (κ1) is 48.4. The lowest BCUT2D eigenvalue weighted by Crippen LogP contribution is -2.20. The summed E-state index contributed by atoms with van der Waals surface area (Å²) in [5.41, 5.74) is 1.89. The highest BCUT2D eigenvalue weighted by atomic mass is 31.2. The van der Waals surface area contributed by atoms with E-state index in [2.05, 4.69) is 16.0 Å². The van der Waals surface area contributed by atoms with Crippen molar-refractivity contribution in [1.29, 1.82) is 0 Å². The Hall–Kier alpha value is -8.01. The van der Waals surface area contributed by atoms with Crippen molar-refractivity contribution in [3.63, 3.8) is 0 Å². The number of hydrogen-bond acceptors (Lipinski definition) is 9. The minimum Gasteiger partial charge on any atom is -0.494 e. The average Bonchev–Trinajstić information content (AvgIpc) is 3.39. The fourth-order valence-corrected chi connectivity index (χ4v) is 11.5. The van der Waals surface area contributed by atoms with Crippen LogP contribution in [0.5, 0.6) is 17.2 Å². The molecule has 0 fully saturated rings. The maximum absolute atomic E-state index is 14.5. The van der Waals surface area contributed by atoms with Gasteiger partial charge >= 0.3 is 14.7 Å². The third-order valence-corrected chi connectivity index (χ3v) is 15.8. The standard InChI is InChI=1S/C56H49N3O9P2/c1-40(60)41-24-30-47(31-25-41)66-36-14-23-54(61)57-46-38-42(55(62)58-44-26-32-48(33-27-44)67-69(64,50-15-6-2-7-16-50)51-17-8-3-9-18-51)37-43(39-46)56(63)59-45-28-34-49(35-29-45)68-70(65,52-19-10-4-11-20-52)53-21-12-5-13-22-53/h2-13,15-22,24-35,37-40,60H,14,23,36H2,1H3,(H,57,61)(H,58,62)(H,59,63). The molecule has 0 spiro atoms. The second-order valence-corrected chi connectivity index (χ2v) is 20.8. The van der Waals surface area contributed by atoms with E-state index in [9.17, 15) is 28.6 Å². The van der Waals surface area contributed by atoms with Gasteiger partial charge in [-0.25, -0.2) is 0 Å². The van der Waals surface area contributed by atoms with Crippen LogP contribution in [-0.4, -0.2) is 29.4 Å². The molecule has 8 rings (SSSR count). The summed E-state index contributed by atoms with van der Waals surface area (Å²) in [5, 5.41) is 20.4. The number of carbonyl (C=O) groups is 3. The number of amides is 3. The van der Waals surface area contributed by atoms with Crippen molar-refractivity contribution in [1.82, 2.24) is 0 Å². The van der Waals surface area contributed by atoms with E-state index < -0.39 is 32.7 Å². The van der Waals surface area contributed by atoms with E-state index in [1.807, 2.05) is 24.3 Å². The molecule has 3 amide bonds. The van der Waals surface area contributed by atoms with Crippen LogP contribution in [-0.2, 0) is 13.9 Å². The smallest absolute Gasteiger partial charge is 0.306 e. The van der Waals surface area contributed by atoms with Gasteiger partial charge in [0.15, 0.2) is 0 Å².